The highest BCUT2D eigenvalue weighted by molar-refractivity contribution is 5.85. The fourth-order valence-corrected chi connectivity index (χ4v) is 4.21. The lowest BCUT2D eigenvalue weighted by Gasteiger charge is -2.37. The van der Waals surface area contributed by atoms with Crippen molar-refractivity contribution in [2.75, 3.05) is 39.9 Å². The van der Waals surface area contributed by atoms with Gasteiger partial charge in [0.2, 0.25) is 12.0 Å². The van der Waals surface area contributed by atoms with E-state index in [0.717, 1.165) is 16.7 Å². The molecule has 1 atom stereocenters. The summed E-state index contributed by atoms with van der Waals surface area (Å²) < 4.78 is 18.7. The van der Waals surface area contributed by atoms with Crippen LogP contribution in [0.25, 0.3) is 10.9 Å². The van der Waals surface area contributed by atoms with Gasteiger partial charge in [-0.3, -0.25) is 9.59 Å². The van der Waals surface area contributed by atoms with Crippen molar-refractivity contribution in [1.82, 2.24) is 14.4 Å². The number of hydrogen-bond acceptors (Lipinski definition) is 5. The Balaban J connectivity index is 1.17. The lowest BCUT2D eigenvalue weighted by atomic mass is 10.2. The first-order valence-corrected chi connectivity index (χ1v) is 10.7. The third-order valence-electron chi connectivity index (χ3n) is 6.01. The number of piperazine rings is 1. The van der Waals surface area contributed by atoms with Crippen molar-refractivity contribution in [3.63, 3.8) is 0 Å². The maximum atomic E-state index is 12.9. The molecule has 3 aromatic rings. The van der Waals surface area contributed by atoms with E-state index in [1.807, 2.05) is 58.1 Å². The van der Waals surface area contributed by atoms with Crippen LogP contribution in [-0.2, 0) is 16.1 Å². The molecule has 1 aromatic heterocycles. The summed E-state index contributed by atoms with van der Waals surface area (Å²) in [6, 6.07) is 15.1. The summed E-state index contributed by atoms with van der Waals surface area (Å²) in [4.78, 5) is 29.3. The van der Waals surface area contributed by atoms with E-state index in [2.05, 4.69) is 0 Å². The van der Waals surface area contributed by atoms with Crippen LogP contribution in [0.4, 0.5) is 0 Å². The van der Waals surface area contributed by atoms with Gasteiger partial charge in [0.05, 0.1) is 7.11 Å². The maximum absolute atomic E-state index is 12.9. The molecule has 0 spiro atoms. The summed E-state index contributed by atoms with van der Waals surface area (Å²) in [6.07, 6.45) is 1.26. The molecule has 2 aliphatic rings. The Morgan fingerprint density at radius 1 is 1.00 bits per heavy atom. The number of para-hydroxylation sites is 2. The highest BCUT2D eigenvalue weighted by Gasteiger charge is 2.33. The van der Waals surface area contributed by atoms with Gasteiger partial charge in [0.25, 0.3) is 5.91 Å². The zero-order chi connectivity index (χ0) is 22.1. The fraction of sp³-hybridized carbons (Fsp3) is 0.333. The number of benzene rings is 2. The molecule has 0 N–H and O–H groups in total. The zero-order valence-corrected chi connectivity index (χ0v) is 17.9. The molecular weight excluding hydrogens is 410 g/mol. The Labute approximate surface area is 185 Å². The first kappa shape index (κ1) is 20.2. The van der Waals surface area contributed by atoms with Crippen LogP contribution < -0.4 is 14.2 Å². The number of nitrogens with zero attached hydrogens (tertiary/aromatic N) is 3. The van der Waals surface area contributed by atoms with Gasteiger partial charge in [-0.05, 0) is 36.4 Å². The summed E-state index contributed by atoms with van der Waals surface area (Å²) in [7, 11) is 1.64. The van der Waals surface area contributed by atoms with Crippen molar-refractivity contribution in [1.29, 1.82) is 0 Å². The molecule has 0 aliphatic carbocycles. The topological polar surface area (TPSA) is 73.2 Å². The van der Waals surface area contributed by atoms with Crippen LogP contribution in [0.3, 0.4) is 0 Å². The van der Waals surface area contributed by atoms with E-state index in [4.69, 9.17) is 14.2 Å². The van der Waals surface area contributed by atoms with Gasteiger partial charge in [0.15, 0.2) is 11.5 Å². The number of carbonyl (C=O) groups excluding carboxylic acids is 2. The van der Waals surface area contributed by atoms with E-state index in [1.165, 1.54) is 0 Å². The summed E-state index contributed by atoms with van der Waals surface area (Å²) in [6.45, 7) is 2.43. The van der Waals surface area contributed by atoms with Crippen LogP contribution in [0.15, 0.2) is 54.7 Å². The molecule has 1 unspecified atom stereocenters. The Morgan fingerprint density at radius 2 is 1.75 bits per heavy atom. The van der Waals surface area contributed by atoms with E-state index < -0.39 is 6.10 Å². The van der Waals surface area contributed by atoms with Gasteiger partial charge < -0.3 is 28.6 Å². The minimum absolute atomic E-state index is 0.0385. The van der Waals surface area contributed by atoms with Gasteiger partial charge in [0, 0.05) is 43.3 Å². The number of amides is 2. The predicted octanol–water partition coefficient (Wildman–Crippen LogP) is 2.16. The Hall–Kier alpha value is -3.68. The van der Waals surface area contributed by atoms with Crippen molar-refractivity contribution >= 4 is 22.7 Å². The van der Waals surface area contributed by atoms with Crippen LogP contribution in [0, 0.1) is 0 Å². The van der Waals surface area contributed by atoms with E-state index in [0.29, 0.717) is 37.7 Å². The number of aromatic nitrogens is 1. The quantitative estimate of drug-likeness (QED) is 0.628. The van der Waals surface area contributed by atoms with Crippen LogP contribution >= 0.6 is 0 Å². The Morgan fingerprint density at radius 3 is 2.53 bits per heavy atom. The summed E-state index contributed by atoms with van der Waals surface area (Å²) in [5.74, 6) is 1.97. The molecule has 32 heavy (non-hydrogen) atoms. The van der Waals surface area contributed by atoms with E-state index >= 15 is 0 Å². The van der Waals surface area contributed by atoms with Crippen molar-refractivity contribution in [3.8, 4) is 17.2 Å². The lowest BCUT2D eigenvalue weighted by molar-refractivity contribution is -0.146. The monoisotopic (exact) mass is 435 g/mol. The molecule has 0 radical (unpaired) electrons. The largest absolute Gasteiger partial charge is 0.497 e. The van der Waals surface area contributed by atoms with Crippen LogP contribution in [0.5, 0.6) is 17.2 Å². The van der Waals surface area contributed by atoms with Crippen LogP contribution in [0.1, 0.15) is 0 Å². The summed E-state index contributed by atoms with van der Waals surface area (Å²) in [5.41, 5.74) is 0.989. The normalized spacial score (nSPS) is 18.0. The Kier molecular flexibility index (Phi) is 5.34. The second kappa shape index (κ2) is 8.45. The van der Waals surface area contributed by atoms with Gasteiger partial charge in [-0.25, -0.2) is 0 Å². The number of rotatable bonds is 4. The summed E-state index contributed by atoms with van der Waals surface area (Å²) in [5, 5.41) is 1.03. The molecule has 166 valence electrons. The molecule has 1 saturated heterocycles. The van der Waals surface area contributed by atoms with Crippen molar-refractivity contribution in [3.05, 3.63) is 54.7 Å². The average molecular weight is 435 g/mol. The molecule has 0 bridgehead atoms. The molecule has 2 aliphatic heterocycles. The minimum atomic E-state index is -0.657. The second-order valence-corrected chi connectivity index (χ2v) is 7.94. The van der Waals surface area contributed by atoms with Crippen LogP contribution in [-0.4, -0.2) is 72.2 Å². The van der Waals surface area contributed by atoms with E-state index in [9.17, 15) is 9.59 Å². The van der Waals surface area contributed by atoms with E-state index in [1.54, 1.807) is 18.1 Å². The number of ether oxygens (including phenoxy) is 3. The first-order chi connectivity index (χ1) is 15.6. The first-order valence-electron chi connectivity index (χ1n) is 10.7. The van der Waals surface area contributed by atoms with Crippen molar-refractivity contribution in [2.24, 2.45) is 0 Å². The average Bonchev–Trinajstić information content (AvgIpc) is 3.25. The standard InChI is InChI=1S/C24H25N3O5/c1-30-18-6-7-19-17(14-18)8-9-27(19)15-23(28)25-10-12-26(13-11-25)24(29)22-16-31-20-4-2-3-5-21(20)32-22/h2-9,14,22H,10-13,15-16H2,1H3. The number of carbonyl (C=O) groups is 2. The molecular formula is C24H25N3O5. The lowest BCUT2D eigenvalue weighted by Crippen LogP contribution is -2.55. The third-order valence-corrected chi connectivity index (χ3v) is 6.01. The minimum Gasteiger partial charge on any atom is -0.497 e. The van der Waals surface area contributed by atoms with Crippen LogP contribution in [0.2, 0.25) is 0 Å². The maximum Gasteiger partial charge on any atom is 0.267 e. The highest BCUT2D eigenvalue weighted by Crippen LogP contribution is 2.31. The number of fused-ring (bicyclic) bond motifs is 2. The SMILES string of the molecule is COc1ccc2c(ccn2CC(=O)N2CCN(C(=O)C3COc4ccccc4O3)CC2)c1. The molecule has 3 heterocycles. The molecule has 5 rings (SSSR count). The molecule has 2 amide bonds. The second-order valence-electron chi connectivity index (χ2n) is 7.94. The van der Waals surface area contributed by atoms with E-state index in [-0.39, 0.29) is 25.0 Å². The molecule has 8 nitrogen and oxygen atoms in total. The molecule has 8 heteroatoms. The summed E-state index contributed by atoms with van der Waals surface area (Å²) >= 11 is 0. The van der Waals surface area contributed by atoms with Gasteiger partial charge >= 0.3 is 0 Å². The van der Waals surface area contributed by atoms with Gasteiger partial charge in [-0.1, -0.05) is 12.1 Å². The fourth-order valence-electron chi connectivity index (χ4n) is 4.21. The Bertz CT molecular complexity index is 1150. The van der Waals surface area contributed by atoms with Crippen molar-refractivity contribution in [2.45, 2.75) is 12.6 Å². The smallest absolute Gasteiger partial charge is 0.267 e. The molecule has 0 saturated carbocycles. The van der Waals surface area contributed by atoms with Gasteiger partial charge in [0.1, 0.15) is 18.9 Å². The molecule has 2 aromatic carbocycles. The van der Waals surface area contributed by atoms with Gasteiger partial charge in [-0.2, -0.15) is 0 Å². The predicted molar refractivity (Wildman–Crippen MR) is 118 cm³/mol. The zero-order valence-electron chi connectivity index (χ0n) is 17.9. The highest BCUT2D eigenvalue weighted by atomic mass is 16.6. The molecule has 1 fully saturated rings. The third kappa shape index (κ3) is 3.84. The number of hydrogen-bond donors (Lipinski definition) is 0. The van der Waals surface area contributed by atoms with Crippen molar-refractivity contribution < 1.29 is 23.8 Å². The number of methoxy groups -OCH3 is 1. The van der Waals surface area contributed by atoms with Gasteiger partial charge in [-0.15, -0.1) is 0 Å².